The van der Waals surface area contributed by atoms with Crippen LogP contribution in [-0.4, -0.2) is 32.4 Å². The maximum atomic E-state index is 12.3. The minimum absolute atomic E-state index is 0.169. The molecule has 0 spiro atoms. The van der Waals surface area contributed by atoms with E-state index in [2.05, 4.69) is 25.7 Å². The fraction of sp³-hybridized carbons (Fsp3) is 0.375. The van der Waals surface area contributed by atoms with Gasteiger partial charge in [0.1, 0.15) is 5.82 Å². The van der Waals surface area contributed by atoms with E-state index in [4.69, 9.17) is 4.84 Å². The maximum Gasteiger partial charge on any atom is 0.267 e. The van der Waals surface area contributed by atoms with Crippen molar-refractivity contribution in [2.24, 2.45) is 5.16 Å². The molecule has 23 heavy (non-hydrogen) atoms. The van der Waals surface area contributed by atoms with Gasteiger partial charge in [-0.3, -0.25) is 9.89 Å². The summed E-state index contributed by atoms with van der Waals surface area (Å²) in [7, 11) is 0. The number of oxime groups is 1. The van der Waals surface area contributed by atoms with E-state index in [-0.39, 0.29) is 5.91 Å². The molecule has 7 nitrogen and oxygen atoms in total. The number of rotatable bonds is 4. The van der Waals surface area contributed by atoms with Crippen molar-refractivity contribution in [1.82, 2.24) is 20.5 Å². The lowest BCUT2D eigenvalue weighted by Crippen LogP contribution is -2.44. The molecule has 1 amide bonds. The van der Waals surface area contributed by atoms with E-state index in [0.29, 0.717) is 18.8 Å². The zero-order valence-electron chi connectivity index (χ0n) is 13.4. The molecule has 0 bridgehead atoms. The van der Waals surface area contributed by atoms with Crippen LogP contribution in [0, 0.1) is 6.92 Å². The Labute approximate surface area is 134 Å². The third-order valence-corrected chi connectivity index (χ3v) is 3.71. The smallest absolute Gasteiger partial charge is 0.267 e. The summed E-state index contributed by atoms with van der Waals surface area (Å²) in [6, 6.07) is 7.77. The topological polar surface area (TPSA) is 92.3 Å². The van der Waals surface area contributed by atoms with Crippen molar-refractivity contribution in [2.45, 2.75) is 39.3 Å². The van der Waals surface area contributed by atoms with Gasteiger partial charge in [0.15, 0.2) is 5.82 Å². The van der Waals surface area contributed by atoms with E-state index < -0.39 is 5.60 Å². The molecule has 1 aliphatic heterocycles. The molecule has 1 aliphatic rings. The molecule has 2 aromatic rings. The van der Waals surface area contributed by atoms with Crippen LogP contribution in [0.15, 0.2) is 29.4 Å². The number of amides is 1. The summed E-state index contributed by atoms with van der Waals surface area (Å²) in [4.78, 5) is 21.9. The lowest BCUT2D eigenvalue weighted by atomic mass is 9.99. The van der Waals surface area contributed by atoms with Gasteiger partial charge in [0.05, 0.1) is 5.71 Å². The minimum Gasteiger partial charge on any atom is -0.379 e. The van der Waals surface area contributed by atoms with Crippen molar-refractivity contribution in [1.29, 1.82) is 0 Å². The Morgan fingerprint density at radius 3 is 2.91 bits per heavy atom. The van der Waals surface area contributed by atoms with E-state index in [9.17, 15) is 4.79 Å². The highest BCUT2D eigenvalue weighted by molar-refractivity contribution is 5.94. The third kappa shape index (κ3) is 3.23. The molecule has 0 fully saturated rings. The van der Waals surface area contributed by atoms with Crippen molar-refractivity contribution < 1.29 is 9.63 Å². The zero-order chi connectivity index (χ0) is 16.4. The number of nitrogens with zero attached hydrogens (tertiary/aromatic N) is 3. The number of carbonyl (C=O) groups excluding carboxylic acids is 1. The molecule has 1 aromatic carbocycles. The predicted octanol–water partition coefficient (Wildman–Crippen LogP) is 1.95. The molecular weight excluding hydrogens is 294 g/mol. The number of aryl methyl sites for hydroxylation is 1. The van der Waals surface area contributed by atoms with Crippen LogP contribution in [0.2, 0.25) is 0 Å². The Bertz CT molecular complexity index is 767. The Morgan fingerprint density at radius 1 is 1.43 bits per heavy atom. The molecule has 7 heteroatoms. The van der Waals surface area contributed by atoms with Gasteiger partial charge in [0.2, 0.25) is 5.60 Å². The lowest BCUT2D eigenvalue weighted by Gasteiger charge is -2.20. The van der Waals surface area contributed by atoms with Gasteiger partial charge in [-0.25, -0.2) is 4.98 Å². The van der Waals surface area contributed by atoms with Crippen LogP contribution in [0.5, 0.6) is 0 Å². The number of hydrogen-bond donors (Lipinski definition) is 2. The van der Waals surface area contributed by atoms with Crippen LogP contribution in [0.4, 0.5) is 0 Å². The number of nitrogens with one attached hydrogen (secondary N) is 2. The molecule has 0 saturated carbocycles. The van der Waals surface area contributed by atoms with Gasteiger partial charge >= 0.3 is 0 Å². The summed E-state index contributed by atoms with van der Waals surface area (Å²) in [5.41, 5.74) is 1.79. The zero-order valence-corrected chi connectivity index (χ0v) is 13.4. The van der Waals surface area contributed by atoms with Crippen molar-refractivity contribution in [3.8, 4) is 11.4 Å². The van der Waals surface area contributed by atoms with Crippen LogP contribution in [0.1, 0.15) is 31.7 Å². The summed E-state index contributed by atoms with van der Waals surface area (Å²) in [5.74, 6) is 1.24. The number of H-pyrrole nitrogens is 1. The first kappa shape index (κ1) is 15.2. The summed E-state index contributed by atoms with van der Waals surface area (Å²) in [5, 5.41) is 13.7. The highest BCUT2D eigenvalue weighted by atomic mass is 16.7. The van der Waals surface area contributed by atoms with E-state index in [0.717, 1.165) is 22.7 Å². The fourth-order valence-corrected chi connectivity index (χ4v) is 2.51. The normalized spacial score (nSPS) is 20.0. The van der Waals surface area contributed by atoms with Crippen molar-refractivity contribution in [2.75, 3.05) is 0 Å². The number of aromatic nitrogens is 3. The monoisotopic (exact) mass is 313 g/mol. The Hall–Kier alpha value is -2.70. The second kappa shape index (κ2) is 5.83. The number of carbonyl (C=O) groups is 1. The van der Waals surface area contributed by atoms with Crippen LogP contribution >= 0.6 is 0 Å². The molecule has 2 N–H and O–H groups in total. The van der Waals surface area contributed by atoms with Gasteiger partial charge in [0, 0.05) is 18.5 Å². The Balaban J connectivity index is 1.66. The van der Waals surface area contributed by atoms with Crippen LogP contribution in [0.3, 0.4) is 0 Å². The molecule has 3 rings (SSSR count). The van der Waals surface area contributed by atoms with Crippen LogP contribution in [0.25, 0.3) is 11.4 Å². The Morgan fingerprint density at radius 2 is 2.26 bits per heavy atom. The SMILES string of the molecule is CC1=NOC(C)(C(=O)NCc2cccc(-c3n[nH]c(C)n3)c2)C1. The van der Waals surface area contributed by atoms with E-state index in [1.165, 1.54) is 0 Å². The summed E-state index contributed by atoms with van der Waals surface area (Å²) >= 11 is 0. The molecule has 120 valence electrons. The Kier molecular flexibility index (Phi) is 3.85. The van der Waals surface area contributed by atoms with E-state index in [1.807, 2.05) is 38.1 Å². The molecule has 1 atom stereocenters. The summed E-state index contributed by atoms with van der Waals surface area (Å²) < 4.78 is 0. The standard InChI is InChI=1S/C16H19N5O2/c1-10-8-16(3,23-21-10)15(22)17-9-12-5-4-6-13(7-12)14-18-11(2)19-20-14/h4-7H,8-9H2,1-3H3,(H,17,22)(H,18,19,20). The van der Waals surface area contributed by atoms with E-state index in [1.54, 1.807) is 6.92 Å². The van der Waals surface area contributed by atoms with Crippen molar-refractivity contribution in [3.63, 3.8) is 0 Å². The largest absolute Gasteiger partial charge is 0.379 e. The molecule has 0 saturated heterocycles. The fourth-order valence-electron chi connectivity index (χ4n) is 2.51. The quantitative estimate of drug-likeness (QED) is 0.902. The number of aromatic amines is 1. The molecule has 2 heterocycles. The van der Waals surface area contributed by atoms with Gasteiger partial charge in [-0.2, -0.15) is 5.10 Å². The average Bonchev–Trinajstić information content (AvgIpc) is 3.12. The molecule has 1 unspecified atom stereocenters. The van der Waals surface area contributed by atoms with Crippen molar-refractivity contribution in [3.05, 3.63) is 35.7 Å². The summed E-state index contributed by atoms with van der Waals surface area (Å²) in [6.45, 7) is 5.86. The van der Waals surface area contributed by atoms with Gasteiger partial charge in [-0.05, 0) is 32.4 Å². The first-order chi connectivity index (χ1) is 11.0. The lowest BCUT2D eigenvalue weighted by molar-refractivity contribution is -0.141. The van der Waals surface area contributed by atoms with Crippen molar-refractivity contribution >= 4 is 11.6 Å². The van der Waals surface area contributed by atoms with Gasteiger partial charge in [-0.15, -0.1) is 0 Å². The van der Waals surface area contributed by atoms with Gasteiger partial charge in [0.25, 0.3) is 5.91 Å². The molecule has 1 aromatic heterocycles. The highest BCUT2D eigenvalue weighted by Gasteiger charge is 2.40. The van der Waals surface area contributed by atoms with Gasteiger partial charge < -0.3 is 10.2 Å². The van der Waals surface area contributed by atoms with E-state index >= 15 is 0 Å². The maximum absolute atomic E-state index is 12.3. The predicted molar refractivity (Wildman–Crippen MR) is 85.6 cm³/mol. The molecular formula is C16H19N5O2. The number of benzene rings is 1. The molecule has 0 radical (unpaired) electrons. The van der Waals surface area contributed by atoms with Crippen LogP contribution in [-0.2, 0) is 16.2 Å². The first-order valence-corrected chi connectivity index (χ1v) is 7.44. The highest BCUT2D eigenvalue weighted by Crippen LogP contribution is 2.23. The molecule has 0 aliphatic carbocycles. The van der Waals surface area contributed by atoms with Crippen LogP contribution < -0.4 is 5.32 Å². The third-order valence-electron chi connectivity index (χ3n) is 3.71. The average molecular weight is 313 g/mol. The minimum atomic E-state index is -0.914. The second-order valence-corrected chi connectivity index (χ2v) is 5.95. The second-order valence-electron chi connectivity index (χ2n) is 5.95. The summed E-state index contributed by atoms with van der Waals surface area (Å²) in [6.07, 6.45) is 0.509. The first-order valence-electron chi connectivity index (χ1n) is 7.44. The number of hydrogen-bond acceptors (Lipinski definition) is 5. The van der Waals surface area contributed by atoms with Gasteiger partial charge in [-0.1, -0.05) is 23.4 Å².